The summed E-state index contributed by atoms with van der Waals surface area (Å²) in [5.41, 5.74) is 3.01. The van der Waals surface area contributed by atoms with Gasteiger partial charge in [0, 0.05) is 19.3 Å². The monoisotopic (exact) mass is 289 g/mol. The van der Waals surface area contributed by atoms with Gasteiger partial charge in [0.05, 0.1) is 12.6 Å². The van der Waals surface area contributed by atoms with Crippen LogP contribution in [0.3, 0.4) is 0 Å². The number of anilines is 1. The molecule has 0 N–H and O–H groups in total. The lowest BCUT2D eigenvalue weighted by Gasteiger charge is -2.19. The van der Waals surface area contributed by atoms with Gasteiger partial charge in [-0.25, -0.2) is 10.1 Å². The topological polar surface area (TPSA) is 31.4 Å². The molecular weight excluding hydrogens is 270 g/mol. The van der Waals surface area contributed by atoms with Crippen LogP contribution in [-0.2, 0) is 0 Å². The highest BCUT2D eigenvalue weighted by Crippen LogP contribution is 2.26. The predicted molar refractivity (Wildman–Crippen MR) is 92.3 cm³/mol. The Morgan fingerprint density at radius 3 is 2.55 bits per heavy atom. The van der Waals surface area contributed by atoms with E-state index in [4.69, 9.17) is 11.8 Å². The van der Waals surface area contributed by atoms with Crippen molar-refractivity contribution in [2.45, 2.75) is 20.3 Å². The van der Waals surface area contributed by atoms with Crippen molar-refractivity contribution in [3.8, 4) is 6.07 Å². The van der Waals surface area contributed by atoms with Crippen LogP contribution in [0.5, 0.6) is 0 Å². The summed E-state index contributed by atoms with van der Waals surface area (Å²) in [6.07, 6.45) is 1.12. The van der Waals surface area contributed by atoms with Gasteiger partial charge in [-0.1, -0.05) is 25.1 Å². The Hall–Kier alpha value is -2.78. The van der Waals surface area contributed by atoms with Gasteiger partial charge in [-0.3, -0.25) is 0 Å². The molecule has 110 valence electrons. The van der Waals surface area contributed by atoms with Gasteiger partial charge in [0.2, 0.25) is 0 Å². The molecule has 0 amide bonds. The van der Waals surface area contributed by atoms with Gasteiger partial charge in [0.25, 0.3) is 5.70 Å². The number of rotatable bonds is 4. The minimum absolute atomic E-state index is 0.152. The van der Waals surface area contributed by atoms with E-state index in [1.54, 1.807) is 0 Å². The van der Waals surface area contributed by atoms with Crippen molar-refractivity contribution < 1.29 is 0 Å². The van der Waals surface area contributed by atoms with Crippen molar-refractivity contribution in [2.75, 3.05) is 18.5 Å². The number of allylic oxidation sites excluding steroid dienone is 2. The first-order valence-electron chi connectivity index (χ1n) is 7.34. The first kappa shape index (κ1) is 15.6. The third-order valence-corrected chi connectivity index (χ3v) is 3.83. The molecule has 0 saturated heterocycles. The van der Waals surface area contributed by atoms with Crippen molar-refractivity contribution in [3.05, 3.63) is 59.1 Å². The molecule has 0 aliphatic heterocycles. The lowest BCUT2D eigenvalue weighted by molar-refractivity contribution is 0.853. The van der Waals surface area contributed by atoms with Crippen LogP contribution in [0.4, 0.5) is 5.69 Å². The van der Waals surface area contributed by atoms with Crippen molar-refractivity contribution in [1.29, 1.82) is 5.26 Å². The fourth-order valence-electron chi connectivity index (χ4n) is 2.50. The molecule has 0 heterocycles. The molecular formula is C19H19N3. The van der Waals surface area contributed by atoms with Gasteiger partial charge in [-0.2, -0.15) is 0 Å². The first-order valence-corrected chi connectivity index (χ1v) is 7.34. The molecule has 0 saturated carbocycles. The Balaban J connectivity index is 2.46. The normalized spacial score (nSPS) is 11.5. The quantitative estimate of drug-likeness (QED) is 0.594. The van der Waals surface area contributed by atoms with Crippen LogP contribution >= 0.6 is 0 Å². The van der Waals surface area contributed by atoms with Crippen molar-refractivity contribution >= 4 is 22.0 Å². The average Bonchev–Trinajstić information content (AvgIpc) is 2.55. The average molecular weight is 289 g/mol. The Bertz CT molecular complexity index is 788. The highest BCUT2D eigenvalue weighted by Gasteiger charge is 2.06. The second kappa shape index (κ2) is 6.78. The third-order valence-electron chi connectivity index (χ3n) is 3.83. The smallest absolute Gasteiger partial charge is 0.265 e. The molecule has 0 unspecified atom stereocenters. The zero-order valence-corrected chi connectivity index (χ0v) is 13.2. The molecule has 0 atom stereocenters. The number of benzene rings is 2. The summed E-state index contributed by atoms with van der Waals surface area (Å²) in [7, 11) is 2.10. The van der Waals surface area contributed by atoms with E-state index >= 15 is 0 Å². The van der Waals surface area contributed by atoms with Crippen LogP contribution in [0, 0.1) is 17.9 Å². The molecule has 2 rings (SSSR count). The molecule has 0 aromatic heterocycles. The molecule has 0 fully saturated rings. The first-order chi connectivity index (χ1) is 10.6. The Morgan fingerprint density at radius 1 is 1.23 bits per heavy atom. The minimum atomic E-state index is 0.152. The van der Waals surface area contributed by atoms with E-state index in [-0.39, 0.29) is 5.70 Å². The van der Waals surface area contributed by atoms with Gasteiger partial charge in [0.15, 0.2) is 0 Å². The van der Waals surface area contributed by atoms with E-state index in [2.05, 4.69) is 48.0 Å². The SMILES string of the molecule is [C-]#[N+]/C(C#N)=C(/C)c1ccc2cc(N(C)CCC)ccc2c1. The van der Waals surface area contributed by atoms with Crippen LogP contribution in [-0.4, -0.2) is 13.6 Å². The Kier molecular flexibility index (Phi) is 4.81. The lowest BCUT2D eigenvalue weighted by Crippen LogP contribution is -2.17. The van der Waals surface area contributed by atoms with Crippen LogP contribution < -0.4 is 4.90 Å². The number of hydrogen-bond acceptors (Lipinski definition) is 2. The van der Waals surface area contributed by atoms with E-state index in [1.807, 2.05) is 25.1 Å². The van der Waals surface area contributed by atoms with Crippen molar-refractivity contribution in [2.24, 2.45) is 0 Å². The van der Waals surface area contributed by atoms with E-state index in [0.717, 1.165) is 29.5 Å². The van der Waals surface area contributed by atoms with Gasteiger partial charge in [-0.05, 0) is 53.5 Å². The summed E-state index contributed by atoms with van der Waals surface area (Å²) in [5, 5.41) is 11.3. The highest BCUT2D eigenvalue weighted by molar-refractivity contribution is 5.89. The van der Waals surface area contributed by atoms with E-state index in [0.29, 0.717) is 0 Å². The van der Waals surface area contributed by atoms with Crippen LogP contribution in [0.1, 0.15) is 25.8 Å². The maximum atomic E-state index is 8.99. The number of nitrogens with zero attached hydrogens (tertiary/aromatic N) is 3. The zero-order chi connectivity index (χ0) is 16.1. The second-order valence-corrected chi connectivity index (χ2v) is 5.37. The number of hydrogen-bond donors (Lipinski definition) is 0. The molecule has 2 aromatic rings. The van der Waals surface area contributed by atoms with Gasteiger partial charge in [0.1, 0.15) is 0 Å². The maximum absolute atomic E-state index is 8.99. The lowest BCUT2D eigenvalue weighted by atomic mass is 10.0. The standard InChI is InChI=1S/C19H19N3/c1-5-10-22(4)18-9-8-16-11-15(6-7-17(16)12-18)14(2)19(13-20)21-3/h6-9,11-12H,5,10H2,1-2,4H3/b19-14-. The summed E-state index contributed by atoms with van der Waals surface area (Å²) in [6, 6.07) is 14.4. The summed E-state index contributed by atoms with van der Waals surface area (Å²) in [6.45, 7) is 12.1. The molecule has 22 heavy (non-hydrogen) atoms. The molecule has 3 nitrogen and oxygen atoms in total. The predicted octanol–water partition coefficient (Wildman–Crippen LogP) is 4.86. The van der Waals surface area contributed by atoms with Gasteiger partial charge >= 0.3 is 0 Å². The summed E-state index contributed by atoms with van der Waals surface area (Å²) < 4.78 is 0. The summed E-state index contributed by atoms with van der Waals surface area (Å²) in [5.74, 6) is 0. The van der Waals surface area contributed by atoms with Crippen molar-refractivity contribution in [1.82, 2.24) is 0 Å². The summed E-state index contributed by atoms with van der Waals surface area (Å²) >= 11 is 0. The third kappa shape index (κ3) is 3.10. The van der Waals surface area contributed by atoms with Crippen LogP contribution in [0.15, 0.2) is 42.1 Å². The molecule has 0 aliphatic carbocycles. The Labute approximate surface area is 131 Å². The maximum Gasteiger partial charge on any atom is 0.265 e. The molecule has 0 aliphatic rings. The van der Waals surface area contributed by atoms with Gasteiger partial charge < -0.3 is 4.90 Å². The van der Waals surface area contributed by atoms with Crippen LogP contribution in [0.25, 0.3) is 21.2 Å². The number of fused-ring (bicyclic) bond motifs is 1. The molecule has 2 aromatic carbocycles. The second-order valence-electron chi connectivity index (χ2n) is 5.37. The molecule has 0 radical (unpaired) electrons. The number of nitriles is 1. The van der Waals surface area contributed by atoms with Crippen molar-refractivity contribution in [3.63, 3.8) is 0 Å². The Morgan fingerprint density at radius 2 is 1.91 bits per heavy atom. The van der Waals surface area contributed by atoms with Crippen LogP contribution in [0.2, 0.25) is 0 Å². The van der Waals surface area contributed by atoms with Gasteiger partial charge in [-0.15, -0.1) is 0 Å². The summed E-state index contributed by atoms with van der Waals surface area (Å²) in [4.78, 5) is 5.52. The van der Waals surface area contributed by atoms with E-state index in [9.17, 15) is 0 Å². The highest BCUT2D eigenvalue weighted by atomic mass is 15.1. The minimum Gasteiger partial charge on any atom is -0.375 e. The molecule has 3 heteroatoms. The zero-order valence-electron chi connectivity index (χ0n) is 13.2. The fourth-order valence-corrected chi connectivity index (χ4v) is 2.50. The largest absolute Gasteiger partial charge is 0.375 e. The van der Waals surface area contributed by atoms with E-state index in [1.165, 1.54) is 11.1 Å². The fraction of sp³-hybridized carbons (Fsp3) is 0.263. The molecule has 0 bridgehead atoms. The molecule has 0 spiro atoms. The van der Waals surface area contributed by atoms with E-state index < -0.39 is 0 Å².